The minimum Gasteiger partial charge on any atom is -0.368 e. The Morgan fingerprint density at radius 1 is 1.38 bits per heavy atom. The monoisotopic (exact) mass is 371 g/mol. The molecular weight excluding hydrogens is 354 g/mol. The van der Waals surface area contributed by atoms with Gasteiger partial charge in [-0.1, -0.05) is 16.8 Å². The van der Waals surface area contributed by atoms with Crippen molar-refractivity contribution in [1.29, 1.82) is 0 Å². The van der Waals surface area contributed by atoms with Gasteiger partial charge in [0.25, 0.3) is 5.89 Å². The smallest absolute Gasteiger partial charge is 0.252 e. The van der Waals surface area contributed by atoms with E-state index in [2.05, 4.69) is 15.5 Å². The molecule has 0 aliphatic carbocycles. The number of hydrogen-bond donors (Lipinski definition) is 1. The van der Waals surface area contributed by atoms with Crippen LogP contribution in [0.25, 0.3) is 11.4 Å². The molecule has 1 aliphatic heterocycles. The molecular formula is C15H18ClN3O4S. The molecule has 3 rings (SSSR count). The lowest BCUT2D eigenvalue weighted by atomic mass is 10.1. The molecule has 24 heavy (non-hydrogen) atoms. The van der Waals surface area contributed by atoms with E-state index in [1.807, 2.05) is 0 Å². The summed E-state index contributed by atoms with van der Waals surface area (Å²) >= 11 is 6.04. The van der Waals surface area contributed by atoms with Gasteiger partial charge in [0, 0.05) is 11.8 Å². The maximum atomic E-state index is 11.6. The summed E-state index contributed by atoms with van der Waals surface area (Å²) < 4.78 is 34.1. The van der Waals surface area contributed by atoms with Crippen LogP contribution in [0.5, 0.6) is 0 Å². The second-order valence-corrected chi connectivity index (χ2v) is 8.08. The minimum atomic E-state index is -3.37. The Kier molecular flexibility index (Phi) is 5.19. The van der Waals surface area contributed by atoms with Gasteiger partial charge in [0.2, 0.25) is 5.82 Å². The fourth-order valence-electron chi connectivity index (χ4n) is 2.52. The number of piperidine rings is 1. The fourth-order valence-corrected chi connectivity index (χ4v) is 3.85. The van der Waals surface area contributed by atoms with Gasteiger partial charge in [0.15, 0.2) is 9.84 Å². The number of ether oxygens (including phenoxy) is 1. The van der Waals surface area contributed by atoms with Gasteiger partial charge in [-0.25, -0.2) is 8.42 Å². The van der Waals surface area contributed by atoms with Gasteiger partial charge < -0.3 is 14.6 Å². The van der Waals surface area contributed by atoms with E-state index >= 15 is 0 Å². The maximum absolute atomic E-state index is 11.6. The number of rotatable bonds is 5. The average Bonchev–Trinajstić information content (AvgIpc) is 3.01. The minimum absolute atomic E-state index is 0.0749. The normalized spacial score (nSPS) is 16.4. The summed E-state index contributed by atoms with van der Waals surface area (Å²) in [6.07, 6.45) is 3.23. The molecule has 1 aromatic carbocycles. The zero-order valence-corrected chi connectivity index (χ0v) is 14.7. The SMILES string of the molecule is CS(=O)(=O)c1ccc(-c2noc(COC3CCNCC3)n2)cc1Cl. The summed E-state index contributed by atoms with van der Waals surface area (Å²) in [6.45, 7) is 2.16. The number of halogens is 1. The Morgan fingerprint density at radius 3 is 2.79 bits per heavy atom. The van der Waals surface area contributed by atoms with E-state index in [0.29, 0.717) is 17.3 Å². The van der Waals surface area contributed by atoms with E-state index in [1.54, 1.807) is 6.07 Å². The predicted octanol–water partition coefficient (Wildman–Crippen LogP) is 2.06. The molecule has 2 heterocycles. The van der Waals surface area contributed by atoms with E-state index in [-0.39, 0.29) is 22.6 Å². The van der Waals surface area contributed by atoms with Crippen molar-refractivity contribution in [2.45, 2.75) is 30.4 Å². The highest BCUT2D eigenvalue weighted by Crippen LogP contribution is 2.27. The van der Waals surface area contributed by atoms with Crippen LogP contribution < -0.4 is 5.32 Å². The van der Waals surface area contributed by atoms with Crippen LogP contribution in [-0.4, -0.2) is 44.0 Å². The van der Waals surface area contributed by atoms with Gasteiger partial charge in [-0.2, -0.15) is 4.98 Å². The number of benzene rings is 1. The molecule has 0 spiro atoms. The molecule has 130 valence electrons. The summed E-state index contributed by atoms with van der Waals surface area (Å²) in [7, 11) is -3.37. The molecule has 0 saturated carbocycles. The lowest BCUT2D eigenvalue weighted by Crippen LogP contribution is -2.32. The highest BCUT2D eigenvalue weighted by molar-refractivity contribution is 7.90. The largest absolute Gasteiger partial charge is 0.368 e. The number of sulfone groups is 1. The van der Waals surface area contributed by atoms with Crippen molar-refractivity contribution in [3.05, 3.63) is 29.1 Å². The van der Waals surface area contributed by atoms with E-state index in [4.69, 9.17) is 20.9 Å². The van der Waals surface area contributed by atoms with Crippen LogP contribution in [-0.2, 0) is 21.2 Å². The molecule has 0 unspecified atom stereocenters. The number of hydrogen-bond acceptors (Lipinski definition) is 7. The van der Waals surface area contributed by atoms with Crippen LogP contribution in [0.15, 0.2) is 27.6 Å². The molecule has 1 aliphatic rings. The molecule has 0 radical (unpaired) electrons. The molecule has 9 heteroatoms. The summed E-state index contributed by atoms with van der Waals surface area (Å²) in [5.74, 6) is 0.729. The third kappa shape index (κ3) is 4.13. The second kappa shape index (κ2) is 7.18. The van der Waals surface area contributed by atoms with E-state index in [0.717, 1.165) is 32.2 Å². The topological polar surface area (TPSA) is 94.3 Å². The highest BCUT2D eigenvalue weighted by Gasteiger charge is 2.17. The number of aromatic nitrogens is 2. The fraction of sp³-hybridized carbons (Fsp3) is 0.467. The lowest BCUT2D eigenvalue weighted by molar-refractivity contribution is 0.00859. The molecule has 7 nitrogen and oxygen atoms in total. The molecule has 0 bridgehead atoms. The van der Waals surface area contributed by atoms with Crippen LogP contribution in [0.3, 0.4) is 0 Å². The maximum Gasteiger partial charge on any atom is 0.252 e. The third-order valence-electron chi connectivity index (χ3n) is 3.79. The quantitative estimate of drug-likeness (QED) is 0.859. The molecule has 1 fully saturated rings. The molecule has 0 atom stereocenters. The van der Waals surface area contributed by atoms with Gasteiger partial charge in [0.1, 0.15) is 6.61 Å². The van der Waals surface area contributed by atoms with Crippen molar-refractivity contribution in [2.24, 2.45) is 0 Å². The third-order valence-corrected chi connectivity index (χ3v) is 5.37. The molecule has 1 saturated heterocycles. The van der Waals surface area contributed by atoms with Crippen molar-refractivity contribution >= 4 is 21.4 Å². The molecule has 1 N–H and O–H groups in total. The predicted molar refractivity (Wildman–Crippen MR) is 88.5 cm³/mol. The first-order valence-corrected chi connectivity index (χ1v) is 9.85. The number of nitrogens with one attached hydrogen (secondary N) is 1. The highest BCUT2D eigenvalue weighted by atomic mass is 35.5. The van der Waals surface area contributed by atoms with Gasteiger partial charge >= 0.3 is 0 Å². The van der Waals surface area contributed by atoms with Crippen molar-refractivity contribution in [3.8, 4) is 11.4 Å². The first kappa shape index (κ1) is 17.3. The van der Waals surface area contributed by atoms with Crippen LogP contribution in [0.4, 0.5) is 0 Å². The Balaban J connectivity index is 1.70. The molecule has 1 aromatic heterocycles. The Hall–Kier alpha value is -1.48. The van der Waals surface area contributed by atoms with Gasteiger partial charge in [-0.05, 0) is 44.1 Å². The van der Waals surface area contributed by atoms with Crippen LogP contribution >= 0.6 is 11.6 Å². The van der Waals surface area contributed by atoms with Gasteiger partial charge in [0.05, 0.1) is 16.0 Å². The lowest BCUT2D eigenvalue weighted by Gasteiger charge is -2.21. The Bertz CT molecular complexity index is 816. The summed E-state index contributed by atoms with van der Waals surface area (Å²) in [5, 5.41) is 7.30. The van der Waals surface area contributed by atoms with E-state index in [9.17, 15) is 8.42 Å². The second-order valence-electron chi connectivity index (χ2n) is 5.69. The van der Waals surface area contributed by atoms with Gasteiger partial charge in [-0.3, -0.25) is 0 Å². The van der Waals surface area contributed by atoms with Gasteiger partial charge in [-0.15, -0.1) is 0 Å². The Labute approximate surface area is 145 Å². The zero-order valence-electron chi connectivity index (χ0n) is 13.2. The van der Waals surface area contributed by atoms with Crippen molar-refractivity contribution in [3.63, 3.8) is 0 Å². The summed E-state index contributed by atoms with van der Waals surface area (Å²) in [5.41, 5.74) is 0.587. The average molecular weight is 372 g/mol. The van der Waals surface area contributed by atoms with E-state index < -0.39 is 9.84 Å². The Morgan fingerprint density at radius 2 is 2.12 bits per heavy atom. The molecule has 0 amide bonds. The van der Waals surface area contributed by atoms with Crippen molar-refractivity contribution in [1.82, 2.24) is 15.5 Å². The van der Waals surface area contributed by atoms with Crippen molar-refractivity contribution in [2.75, 3.05) is 19.3 Å². The summed E-state index contributed by atoms with van der Waals surface area (Å²) in [6, 6.07) is 4.55. The van der Waals surface area contributed by atoms with Crippen LogP contribution in [0, 0.1) is 0 Å². The molecule has 2 aromatic rings. The summed E-state index contributed by atoms with van der Waals surface area (Å²) in [4.78, 5) is 4.35. The first-order valence-electron chi connectivity index (χ1n) is 7.58. The first-order chi connectivity index (χ1) is 11.4. The number of nitrogens with zero attached hydrogens (tertiary/aromatic N) is 2. The van der Waals surface area contributed by atoms with Crippen LogP contribution in [0.2, 0.25) is 5.02 Å². The van der Waals surface area contributed by atoms with E-state index in [1.165, 1.54) is 12.1 Å². The van der Waals surface area contributed by atoms with Crippen molar-refractivity contribution < 1.29 is 17.7 Å². The zero-order chi connectivity index (χ0) is 17.2. The standard InChI is InChI=1S/C15H18ClN3O4S/c1-24(20,21)13-3-2-10(8-12(13)16)15-18-14(23-19-15)9-22-11-4-6-17-7-5-11/h2-3,8,11,17H,4-7,9H2,1H3. The van der Waals surface area contributed by atoms with Crippen LogP contribution in [0.1, 0.15) is 18.7 Å².